The quantitative estimate of drug-likeness (QED) is 0.541. The maximum atomic E-state index is 11.9. The van der Waals surface area contributed by atoms with Crippen LogP contribution in [-0.4, -0.2) is 30.8 Å². The molecule has 0 heterocycles. The van der Waals surface area contributed by atoms with E-state index in [0.717, 1.165) is 43.6 Å². The molecule has 0 unspecified atom stereocenters. The van der Waals surface area contributed by atoms with Gasteiger partial charge in [-0.15, -0.1) is 0 Å². The summed E-state index contributed by atoms with van der Waals surface area (Å²) in [4.78, 5) is 11.9. The number of amides is 1. The van der Waals surface area contributed by atoms with Crippen LogP contribution in [0.1, 0.15) is 30.4 Å². The van der Waals surface area contributed by atoms with Crippen molar-refractivity contribution in [2.24, 2.45) is 0 Å². The van der Waals surface area contributed by atoms with Crippen molar-refractivity contribution >= 4 is 11.6 Å². The van der Waals surface area contributed by atoms with E-state index in [0.29, 0.717) is 5.75 Å². The molecule has 2 aromatic carbocycles. The summed E-state index contributed by atoms with van der Waals surface area (Å²) >= 11 is 0. The van der Waals surface area contributed by atoms with Gasteiger partial charge in [-0.1, -0.05) is 29.8 Å². The van der Waals surface area contributed by atoms with E-state index in [1.54, 1.807) is 0 Å². The number of carbonyl (C=O) groups excluding carboxylic acids is 1. The Morgan fingerprint density at radius 1 is 1.00 bits per heavy atom. The second kappa shape index (κ2) is 11.3. The molecule has 0 bridgehead atoms. The van der Waals surface area contributed by atoms with Gasteiger partial charge in [0.15, 0.2) is 6.61 Å². The zero-order valence-electron chi connectivity index (χ0n) is 15.3. The molecule has 0 aliphatic heterocycles. The largest absolute Gasteiger partial charge is 0.484 e. The maximum Gasteiger partial charge on any atom is 0.262 e. The molecule has 0 radical (unpaired) electrons. The first kappa shape index (κ1) is 19.9. The topological polar surface area (TPSA) is 70.6 Å². The molecule has 0 aliphatic rings. The zero-order chi connectivity index (χ0) is 18.6. The number of aryl methyl sites for hydroxylation is 1. The van der Waals surface area contributed by atoms with Crippen molar-refractivity contribution in [3.63, 3.8) is 0 Å². The number of benzene rings is 2. The molecule has 2 rings (SSSR count). The van der Waals surface area contributed by atoms with Crippen LogP contribution in [0.3, 0.4) is 0 Å². The average Bonchev–Trinajstić information content (AvgIpc) is 2.66. The highest BCUT2D eigenvalue weighted by Gasteiger charge is 2.04. The summed E-state index contributed by atoms with van der Waals surface area (Å²) < 4.78 is 5.53. The Balaban J connectivity index is 1.66. The Labute approximate surface area is 155 Å². The molecular formula is C21H28N2O3. The summed E-state index contributed by atoms with van der Waals surface area (Å²) in [6.07, 6.45) is 2.98. The van der Waals surface area contributed by atoms with Gasteiger partial charge in [-0.2, -0.15) is 0 Å². The predicted molar refractivity (Wildman–Crippen MR) is 104 cm³/mol. The first-order valence-electron chi connectivity index (χ1n) is 9.07. The molecule has 3 N–H and O–H groups in total. The summed E-state index contributed by atoms with van der Waals surface area (Å²) in [5, 5.41) is 14.9. The highest BCUT2D eigenvalue weighted by molar-refractivity contribution is 5.91. The maximum absolute atomic E-state index is 11.9. The molecule has 0 aliphatic carbocycles. The Morgan fingerprint density at radius 2 is 1.73 bits per heavy atom. The third kappa shape index (κ3) is 7.68. The molecule has 0 saturated carbocycles. The van der Waals surface area contributed by atoms with Gasteiger partial charge < -0.3 is 20.5 Å². The first-order chi connectivity index (χ1) is 12.7. The molecule has 0 saturated heterocycles. The third-order valence-corrected chi connectivity index (χ3v) is 3.97. The molecule has 2 aromatic rings. The molecule has 0 fully saturated rings. The number of hydrogen-bond acceptors (Lipinski definition) is 4. The van der Waals surface area contributed by atoms with Crippen LogP contribution in [0, 0.1) is 6.92 Å². The Hall–Kier alpha value is -2.37. The third-order valence-electron chi connectivity index (χ3n) is 3.97. The molecule has 5 heteroatoms. The van der Waals surface area contributed by atoms with Crippen molar-refractivity contribution in [3.05, 3.63) is 59.7 Å². The fraction of sp³-hybridized carbons (Fsp3) is 0.381. The lowest BCUT2D eigenvalue weighted by molar-refractivity contribution is -0.118. The van der Waals surface area contributed by atoms with E-state index >= 15 is 0 Å². The molecule has 0 spiro atoms. The smallest absolute Gasteiger partial charge is 0.262 e. The number of anilines is 1. The number of carbonyl (C=O) groups is 1. The summed E-state index contributed by atoms with van der Waals surface area (Å²) in [5.41, 5.74) is 3.09. The van der Waals surface area contributed by atoms with Gasteiger partial charge in [0.2, 0.25) is 0 Å². The van der Waals surface area contributed by atoms with Crippen molar-refractivity contribution in [1.29, 1.82) is 0 Å². The SMILES string of the molecule is Cc1ccc(NC(=O)COc2ccc(CNCCCCCO)cc2)cc1. The van der Waals surface area contributed by atoms with E-state index in [1.807, 2.05) is 55.5 Å². The number of unbranched alkanes of at least 4 members (excludes halogenated alkanes) is 2. The van der Waals surface area contributed by atoms with Gasteiger partial charge in [-0.3, -0.25) is 4.79 Å². The number of aliphatic hydroxyl groups is 1. The van der Waals surface area contributed by atoms with Crippen molar-refractivity contribution in [1.82, 2.24) is 5.32 Å². The highest BCUT2D eigenvalue weighted by Crippen LogP contribution is 2.13. The van der Waals surface area contributed by atoms with Gasteiger partial charge in [0.25, 0.3) is 5.91 Å². The van der Waals surface area contributed by atoms with E-state index in [9.17, 15) is 4.79 Å². The monoisotopic (exact) mass is 356 g/mol. The normalized spacial score (nSPS) is 10.5. The van der Waals surface area contributed by atoms with Crippen LogP contribution in [-0.2, 0) is 11.3 Å². The van der Waals surface area contributed by atoms with Crippen LogP contribution < -0.4 is 15.4 Å². The highest BCUT2D eigenvalue weighted by atomic mass is 16.5. The second-order valence-electron chi connectivity index (χ2n) is 6.31. The zero-order valence-corrected chi connectivity index (χ0v) is 15.3. The lowest BCUT2D eigenvalue weighted by Gasteiger charge is -2.09. The molecule has 0 atom stereocenters. The average molecular weight is 356 g/mol. The van der Waals surface area contributed by atoms with E-state index in [2.05, 4.69) is 10.6 Å². The molecule has 26 heavy (non-hydrogen) atoms. The van der Waals surface area contributed by atoms with E-state index in [1.165, 1.54) is 5.56 Å². The number of aliphatic hydroxyl groups excluding tert-OH is 1. The molecule has 5 nitrogen and oxygen atoms in total. The fourth-order valence-corrected chi connectivity index (χ4v) is 2.46. The summed E-state index contributed by atoms with van der Waals surface area (Å²) in [6, 6.07) is 15.4. The van der Waals surface area contributed by atoms with E-state index in [-0.39, 0.29) is 19.1 Å². The Kier molecular flexibility index (Phi) is 8.66. The minimum Gasteiger partial charge on any atom is -0.484 e. The minimum absolute atomic E-state index is 0.0175. The van der Waals surface area contributed by atoms with Gasteiger partial charge in [0.1, 0.15) is 5.75 Å². The lowest BCUT2D eigenvalue weighted by Crippen LogP contribution is -2.20. The Morgan fingerprint density at radius 3 is 2.42 bits per heavy atom. The molecular weight excluding hydrogens is 328 g/mol. The molecule has 0 aromatic heterocycles. The van der Waals surface area contributed by atoms with Crippen LogP contribution in [0.2, 0.25) is 0 Å². The minimum atomic E-state index is -0.178. The van der Waals surface area contributed by atoms with Gasteiger partial charge in [-0.25, -0.2) is 0 Å². The van der Waals surface area contributed by atoms with Gasteiger partial charge in [-0.05, 0) is 62.6 Å². The number of rotatable bonds is 11. The van der Waals surface area contributed by atoms with E-state index < -0.39 is 0 Å². The summed E-state index contributed by atoms with van der Waals surface area (Å²) in [6.45, 7) is 4.00. The van der Waals surface area contributed by atoms with Crippen molar-refractivity contribution in [2.45, 2.75) is 32.7 Å². The number of nitrogens with one attached hydrogen (secondary N) is 2. The predicted octanol–water partition coefficient (Wildman–Crippen LogP) is 3.26. The van der Waals surface area contributed by atoms with Crippen LogP contribution in [0.5, 0.6) is 5.75 Å². The molecule has 1 amide bonds. The van der Waals surface area contributed by atoms with Crippen LogP contribution in [0.15, 0.2) is 48.5 Å². The van der Waals surface area contributed by atoms with Crippen LogP contribution in [0.25, 0.3) is 0 Å². The van der Waals surface area contributed by atoms with Gasteiger partial charge in [0.05, 0.1) is 0 Å². The second-order valence-corrected chi connectivity index (χ2v) is 6.31. The van der Waals surface area contributed by atoms with Crippen molar-refractivity contribution in [3.8, 4) is 5.75 Å². The van der Waals surface area contributed by atoms with Crippen LogP contribution in [0.4, 0.5) is 5.69 Å². The van der Waals surface area contributed by atoms with Crippen LogP contribution >= 0.6 is 0 Å². The number of hydrogen-bond donors (Lipinski definition) is 3. The van der Waals surface area contributed by atoms with Gasteiger partial charge in [0, 0.05) is 18.8 Å². The van der Waals surface area contributed by atoms with Gasteiger partial charge >= 0.3 is 0 Å². The lowest BCUT2D eigenvalue weighted by atomic mass is 10.2. The fourth-order valence-electron chi connectivity index (χ4n) is 2.46. The first-order valence-corrected chi connectivity index (χ1v) is 9.07. The van der Waals surface area contributed by atoms with Crippen molar-refractivity contribution < 1.29 is 14.6 Å². The molecule has 140 valence electrons. The number of ether oxygens (including phenoxy) is 1. The van der Waals surface area contributed by atoms with Crippen molar-refractivity contribution in [2.75, 3.05) is 25.1 Å². The van der Waals surface area contributed by atoms with E-state index in [4.69, 9.17) is 9.84 Å². The summed E-state index contributed by atoms with van der Waals surface area (Å²) in [5.74, 6) is 0.498. The summed E-state index contributed by atoms with van der Waals surface area (Å²) in [7, 11) is 0. The Bertz CT molecular complexity index is 654. The standard InChI is InChI=1S/C21H28N2O3/c1-17-5-9-19(10-6-17)23-21(25)16-26-20-11-7-18(8-12-20)15-22-13-3-2-4-14-24/h5-12,22,24H,2-4,13-16H2,1H3,(H,23,25).